The van der Waals surface area contributed by atoms with Crippen LogP contribution in [0.4, 0.5) is 0 Å². The number of carbonyl (C=O) groups is 1. The summed E-state index contributed by atoms with van der Waals surface area (Å²) in [6.07, 6.45) is -1.28. The molecule has 0 saturated carbocycles. The van der Waals surface area contributed by atoms with Crippen molar-refractivity contribution < 1.29 is 14.6 Å². The molecule has 0 bridgehead atoms. The zero-order valence-corrected chi connectivity index (χ0v) is 19.9. The maximum Gasteiger partial charge on any atom is 0.347 e. The lowest BCUT2D eigenvalue weighted by Crippen LogP contribution is -2.47. The van der Waals surface area contributed by atoms with Crippen LogP contribution in [0.15, 0.2) is 97.1 Å². The highest BCUT2D eigenvalue weighted by Crippen LogP contribution is 2.48. The molecule has 4 rings (SSSR count). The quantitative estimate of drug-likeness (QED) is 0.333. The Morgan fingerprint density at radius 3 is 1.79 bits per heavy atom. The molecule has 4 aromatic rings. The smallest absolute Gasteiger partial charge is 0.347 e. The maximum atomic E-state index is 12.9. The van der Waals surface area contributed by atoms with E-state index >= 15 is 0 Å². The first-order valence-electron chi connectivity index (χ1n) is 11.0. The molecule has 0 radical (unpaired) electrons. The molecule has 172 valence electrons. The van der Waals surface area contributed by atoms with Gasteiger partial charge < -0.3 is 9.84 Å². The second-order valence-corrected chi connectivity index (χ2v) is 9.23. The lowest BCUT2D eigenvalue weighted by molar-refractivity contribution is -0.146. The van der Waals surface area contributed by atoms with Crippen LogP contribution in [0.5, 0.6) is 6.01 Å². The fourth-order valence-electron chi connectivity index (χ4n) is 4.01. The molecule has 1 heterocycles. The Morgan fingerprint density at radius 2 is 1.32 bits per heavy atom. The van der Waals surface area contributed by atoms with E-state index in [-0.39, 0.29) is 6.01 Å². The summed E-state index contributed by atoms with van der Waals surface area (Å²) in [6, 6.07) is 31.2. The summed E-state index contributed by atoms with van der Waals surface area (Å²) in [5, 5.41) is 10.5. The van der Waals surface area contributed by atoms with E-state index in [4.69, 9.17) is 4.74 Å². The van der Waals surface area contributed by atoms with Crippen molar-refractivity contribution in [2.45, 2.75) is 30.5 Å². The van der Waals surface area contributed by atoms with Crippen LogP contribution in [-0.2, 0) is 15.3 Å². The second-order valence-electron chi connectivity index (χ2n) is 8.01. The third kappa shape index (κ3) is 5.13. The molecule has 1 atom stereocenters. The number of nitrogens with zero attached hydrogens (tertiary/aromatic N) is 2. The Kier molecular flexibility index (Phi) is 7.28. The molecule has 34 heavy (non-hydrogen) atoms. The maximum absolute atomic E-state index is 12.9. The van der Waals surface area contributed by atoms with Crippen LogP contribution in [0.25, 0.3) is 0 Å². The predicted molar refractivity (Wildman–Crippen MR) is 135 cm³/mol. The normalized spacial score (nSPS) is 12.2. The summed E-state index contributed by atoms with van der Waals surface area (Å²) >= 11 is 1.53. The van der Waals surface area contributed by atoms with Crippen molar-refractivity contribution in [3.63, 3.8) is 0 Å². The van der Waals surface area contributed by atoms with Crippen molar-refractivity contribution in [3.8, 4) is 6.01 Å². The molecule has 0 saturated heterocycles. The van der Waals surface area contributed by atoms with Gasteiger partial charge in [0.2, 0.25) is 6.10 Å². The topological polar surface area (TPSA) is 72.3 Å². The molecule has 1 N–H and O–H groups in total. The third-order valence-corrected chi connectivity index (χ3v) is 7.11. The minimum atomic E-state index is -1.28. The Bertz CT molecular complexity index is 1170. The average Bonchev–Trinajstić information content (AvgIpc) is 2.85. The monoisotopic (exact) mass is 470 g/mol. The zero-order chi connectivity index (χ0) is 24.0. The first-order chi connectivity index (χ1) is 16.5. The van der Waals surface area contributed by atoms with Crippen LogP contribution in [0, 0.1) is 13.8 Å². The van der Waals surface area contributed by atoms with E-state index < -0.39 is 16.8 Å². The van der Waals surface area contributed by atoms with Gasteiger partial charge in [0.1, 0.15) is 4.75 Å². The largest absolute Gasteiger partial charge is 0.478 e. The van der Waals surface area contributed by atoms with E-state index in [2.05, 4.69) is 9.97 Å². The predicted octanol–water partition coefficient (Wildman–Crippen LogP) is 5.80. The number of aliphatic carboxylic acids is 1. The van der Waals surface area contributed by atoms with E-state index in [1.54, 1.807) is 0 Å². The van der Waals surface area contributed by atoms with Crippen molar-refractivity contribution in [2.75, 3.05) is 0 Å². The SMILES string of the molecule is Cc1cc(C)nc(O[C@@H](C(=O)O)C(SCc2ccccc2)(c2ccccc2)c2ccccc2)n1. The highest BCUT2D eigenvalue weighted by atomic mass is 32.2. The van der Waals surface area contributed by atoms with Crippen LogP contribution >= 0.6 is 11.8 Å². The number of carboxylic acid groups (broad SMARTS) is 1. The van der Waals surface area contributed by atoms with Crippen LogP contribution in [0.3, 0.4) is 0 Å². The molecule has 0 aliphatic carbocycles. The minimum absolute atomic E-state index is 0.0569. The molecule has 0 aliphatic heterocycles. The fraction of sp³-hybridized carbons (Fsp3) is 0.179. The number of ether oxygens (including phenoxy) is 1. The number of hydrogen-bond acceptors (Lipinski definition) is 5. The number of rotatable bonds is 9. The summed E-state index contributed by atoms with van der Waals surface area (Å²) in [6.45, 7) is 3.67. The summed E-state index contributed by atoms with van der Waals surface area (Å²) in [4.78, 5) is 21.6. The van der Waals surface area contributed by atoms with Crippen molar-refractivity contribution >= 4 is 17.7 Å². The van der Waals surface area contributed by atoms with Gasteiger partial charge in [-0.25, -0.2) is 14.8 Å². The van der Waals surface area contributed by atoms with Gasteiger partial charge in [-0.3, -0.25) is 0 Å². The van der Waals surface area contributed by atoms with Gasteiger partial charge in [0.25, 0.3) is 0 Å². The summed E-state index contributed by atoms with van der Waals surface area (Å²) < 4.78 is 5.09. The van der Waals surface area contributed by atoms with E-state index in [9.17, 15) is 9.90 Å². The molecule has 1 aromatic heterocycles. The Balaban J connectivity index is 1.90. The van der Waals surface area contributed by atoms with Gasteiger partial charge in [-0.15, -0.1) is 11.8 Å². The van der Waals surface area contributed by atoms with Crippen LogP contribution in [0.2, 0.25) is 0 Å². The van der Waals surface area contributed by atoms with Crippen molar-refractivity contribution in [3.05, 3.63) is 125 Å². The summed E-state index contributed by atoms with van der Waals surface area (Å²) in [5.41, 5.74) is 4.19. The second kappa shape index (κ2) is 10.5. The van der Waals surface area contributed by atoms with Crippen LogP contribution in [0.1, 0.15) is 28.1 Å². The molecule has 0 fully saturated rings. The zero-order valence-electron chi connectivity index (χ0n) is 19.1. The van der Waals surface area contributed by atoms with Crippen molar-refractivity contribution in [1.82, 2.24) is 9.97 Å². The molecule has 3 aromatic carbocycles. The first-order valence-corrected chi connectivity index (χ1v) is 12.0. The van der Waals surface area contributed by atoms with E-state index in [1.807, 2.05) is 111 Å². The van der Waals surface area contributed by atoms with E-state index in [0.29, 0.717) is 17.1 Å². The van der Waals surface area contributed by atoms with Gasteiger partial charge >= 0.3 is 12.0 Å². The number of aryl methyl sites for hydroxylation is 2. The molecular weight excluding hydrogens is 444 g/mol. The van der Waals surface area contributed by atoms with Gasteiger partial charge in [0, 0.05) is 17.1 Å². The average molecular weight is 471 g/mol. The van der Waals surface area contributed by atoms with Gasteiger partial charge in [0.15, 0.2) is 0 Å². The highest BCUT2D eigenvalue weighted by Gasteiger charge is 2.49. The number of aromatic nitrogens is 2. The lowest BCUT2D eigenvalue weighted by atomic mass is 9.85. The van der Waals surface area contributed by atoms with E-state index in [0.717, 1.165) is 16.7 Å². The first kappa shape index (κ1) is 23.5. The Morgan fingerprint density at radius 1 is 0.853 bits per heavy atom. The third-order valence-electron chi connectivity index (χ3n) is 5.49. The van der Waals surface area contributed by atoms with Crippen molar-refractivity contribution in [1.29, 1.82) is 0 Å². The highest BCUT2D eigenvalue weighted by molar-refractivity contribution is 7.99. The lowest BCUT2D eigenvalue weighted by Gasteiger charge is -2.38. The number of thioether (sulfide) groups is 1. The number of carboxylic acids is 1. The molecule has 0 spiro atoms. The standard InChI is InChI=1S/C28H26N2O3S/c1-20-18-21(2)30-27(29-20)33-25(26(31)32)28(23-14-8-4-9-15-23,24-16-10-5-11-17-24)34-19-22-12-6-3-7-13-22/h3-18,25H,19H2,1-2H3,(H,31,32)/t25-/m0/s1. The van der Waals surface area contributed by atoms with Gasteiger partial charge in [-0.2, -0.15) is 0 Å². The molecule has 5 nitrogen and oxygen atoms in total. The van der Waals surface area contributed by atoms with E-state index in [1.165, 1.54) is 11.8 Å². The minimum Gasteiger partial charge on any atom is -0.478 e. The van der Waals surface area contributed by atoms with Gasteiger partial charge in [-0.1, -0.05) is 91.0 Å². The summed E-state index contributed by atoms with van der Waals surface area (Å²) in [5.74, 6) is -0.498. The molecule has 0 aliphatic rings. The number of hydrogen-bond donors (Lipinski definition) is 1. The number of benzene rings is 3. The van der Waals surface area contributed by atoms with Gasteiger partial charge in [0.05, 0.1) is 0 Å². The Labute approximate surface area is 203 Å². The molecular formula is C28H26N2O3S. The van der Waals surface area contributed by atoms with Gasteiger partial charge in [-0.05, 0) is 36.6 Å². The Hall–Kier alpha value is -3.64. The van der Waals surface area contributed by atoms with Crippen LogP contribution < -0.4 is 4.74 Å². The molecule has 0 amide bonds. The molecule has 0 unspecified atom stereocenters. The van der Waals surface area contributed by atoms with Crippen molar-refractivity contribution in [2.24, 2.45) is 0 Å². The molecule has 6 heteroatoms. The summed E-state index contributed by atoms with van der Waals surface area (Å²) in [7, 11) is 0. The van der Waals surface area contributed by atoms with Crippen LogP contribution in [-0.4, -0.2) is 27.1 Å². The fourth-order valence-corrected chi connectivity index (χ4v) is 5.51.